The van der Waals surface area contributed by atoms with E-state index in [9.17, 15) is 40.5 Å². The fraction of sp³-hybridized carbons (Fsp3) is 0.536. The maximum Gasteiger partial charge on any atom is 0.229 e. The number of Topliss-reactive ketones (excluding diaryl/α,β-unsaturated/α-hetero) is 1. The Hall–Kier alpha value is -3.05. The number of aromatic hydroxyl groups is 1. The number of benzene rings is 2. The van der Waals surface area contributed by atoms with E-state index in [-0.39, 0.29) is 29.3 Å². The van der Waals surface area contributed by atoms with E-state index in [2.05, 4.69) is 0 Å². The molecule has 3 aliphatic heterocycles. The van der Waals surface area contributed by atoms with Gasteiger partial charge in [-0.3, -0.25) is 4.79 Å². The van der Waals surface area contributed by atoms with Crippen molar-refractivity contribution >= 4 is 5.78 Å². The number of aliphatic hydroxyl groups is 6. The number of ketones is 1. The number of carbonyl (C=O) groups excluding carboxylic acids is 1. The Kier molecular flexibility index (Phi) is 8.89. The van der Waals surface area contributed by atoms with Crippen molar-refractivity contribution < 1.29 is 69.0 Å². The van der Waals surface area contributed by atoms with Crippen LogP contribution in [-0.4, -0.2) is 117 Å². The van der Waals surface area contributed by atoms with Crippen molar-refractivity contribution in [3.63, 3.8) is 0 Å². The molecule has 0 aromatic heterocycles. The fourth-order valence-electron chi connectivity index (χ4n) is 5.20. The van der Waals surface area contributed by atoms with Gasteiger partial charge in [0.05, 0.1) is 26.2 Å². The molecule has 14 nitrogen and oxygen atoms in total. The monoisotopic (exact) mass is 594 g/mol. The Labute approximate surface area is 240 Å². The minimum atomic E-state index is -1.74. The van der Waals surface area contributed by atoms with Crippen LogP contribution in [0.1, 0.15) is 35.4 Å². The SMILES string of the molecule is COc1ccc([C@@H]2CC(=O)c3c(O)cc(O[C@@H]4O[C@H](CO)[C@@H](O)[C@@H](O)[C@@H]4O[C@@H]4O[C@H](C)[C@H](O)[C@H](O)[C@H]4O)cc3O2)cc1. The Morgan fingerprint density at radius 3 is 2.26 bits per heavy atom. The molecule has 0 bridgehead atoms. The first kappa shape index (κ1) is 30.4. The van der Waals surface area contributed by atoms with Crippen LogP contribution in [0.15, 0.2) is 36.4 Å². The van der Waals surface area contributed by atoms with Gasteiger partial charge in [-0.05, 0) is 24.6 Å². The topological polar surface area (TPSA) is 214 Å². The number of ether oxygens (including phenoxy) is 6. The number of aliphatic hydroxyl groups excluding tert-OH is 6. The van der Waals surface area contributed by atoms with Crippen LogP contribution < -0.4 is 14.2 Å². The Morgan fingerprint density at radius 1 is 0.881 bits per heavy atom. The second-order valence-corrected chi connectivity index (χ2v) is 10.4. The number of rotatable bonds is 7. The van der Waals surface area contributed by atoms with Gasteiger partial charge in [-0.15, -0.1) is 0 Å². The number of phenolic OH excluding ortho intramolecular Hbond substituents is 1. The van der Waals surface area contributed by atoms with Crippen molar-refractivity contribution in [2.45, 2.75) is 80.9 Å². The molecule has 5 rings (SSSR count). The molecule has 42 heavy (non-hydrogen) atoms. The van der Waals surface area contributed by atoms with E-state index >= 15 is 0 Å². The molecule has 230 valence electrons. The Balaban J connectivity index is 1.40. The van der Waals surface area contributed by atoms with E-state index in [1.54, 1.807) is 24.3 Å². The third-order valence-electron chi connectivity index (χ3n) is 7.64. The number of hydrogen-bond donors (Lipinski definition) is 7. The van der Waals surface area contributed by atoms with Crippen LogP contribution in [0.3, 0.4) is 0 Å². The normalized spacial score (nSPS) is 36.6. The van der Waals surface area contributed by atoms with E-state index in [1.807, 2.05) is 0 Å². The first-order valence-electron chi connectivity index (χ1n) is 13.4. The molecule has 11 atom stereocenters. The molecular weight excluding hydrogens is 560 g/mol. The van der Waals surface area contributed by atoms with E-state index in [0.29, 0.717) is 11.3 Å². The summed E-state index contributed by atoms with van der Waals surface area (Å²) >= 11 is 0. The molecule has 14 heteroatoms. The van der Waals surface area contributed by atoms with Crippen molar-refractivity contribution in [2.24, 2.45) is 0 Å². The minimum absolute atomic E-state index is 0.0200. The van der Waals surface area contributed by atoms with Crippen LogP contribution in [-0.2, 0) is 14.2 Å². The van der Waals surface area contributed by atoms with Gasteiger partial charge in [0.1, 0.15) is 71.3 Å². The third-order valence-corrected chi connectivity index (χ3v) is 7.64. The molecule has 0 spiro atoms. The van der Waals surface area contributed by atoms with Crippen LogP contribution in [0.2, 0.25) is 0 Å². The summed E-state index contributed by atoms with van der Waals surface area (Å²) in [5.74, 6) is -0.244. The highest BCUT2D eigenvalue weighted by molar-refractivity contribution is 6.02. The lowest BCUT2D eigenvalue weighted by molar-refractivity contribution is -0.354. The lowest BCUT2D eigenvalue weighted by atomic mass is 9.95. The highest BCUT2D eigenvalue weighted by Gasteiger charge is 2.51. The van der Waals surface area contributed by atoms with Gasteiger partial charge >= 0.3 is 0 Å². The highest BCUT2D eigenvalue weighted by Crippen LogP contribution is 2.43. The minimum Gasteiger partial charge on any atom is -0.507 e. The summed E-state index contributed by atoms with van der Waals surface area (Å²) in [6.45, 7) is 0.733. The molecule has 0 saturated carbocycles. The van der Waals surface area contributed by atoms with Crippen LogP contribution in [0, 0.1) is 0 Å². The third kappa shape index (κ3) is 5.77. The molecule has 2 fully saturated rings. The van der Waals surface area contributed by atoms with Gasteiger partial charge in [-0.25, -0.2) is 0 Å². The quantitative estimate of drug-likeness (QED) is 0.208. The van der Waals surface area contributed by atoms with Crippen LogP contribution in [0.4, 0.5) is 0 Å². The molecule has 2 aromatic rings. The molecule has 0 radical (unpaired) electrons. The highest BCUT2D eigenvalue weighted by atomic mass is 16.8. The maximum absolute atomic E-state index is 12.9. The summed E-state index contributed by atoms with van der Waals surface area (Å²) in [6, 6.07) is 9.42. The van der Waals surface area contributed by atoms with E-state index in [0.717, 1.165) is 6.07 Å². The standard InChI is InChI=1S/C28H34O14/c1-11-21(32)23(34)25(36)27(38-11)42-26-24(35)22(33)19(10-29)41-28(26)39-14-7-15(30)20-16(31)9-17(40-18(20)8-14)12-3-5-13(37-2)6-4-12/h3-8,11,17,19,21-30,32-36H,9-10H2,1-2H3/t11-,17+,19-,21+,22-,23+,24-,25-,26+,27+,28-/m1/s1. The van der Waals surface area contributed by atoms with Crippen LogP contribution >= 0.6 is 0 Å². The maximum atomic E-state index is 12.9. The van der Waals surface area contributed by atoms with Crippen molar-refractivity contribution in [3.8, 4) is 23.0 Å². The lowest BCUT2D eigenvalue weighted by Crippen LogP contribution is -2.64. The zero-order valence-electron chi connectivity index (χ0n) is 22.7. The largest absolute Gasteiger partial charge is 0.507 e. The summed E-state index contributed by atoms with van der Waals surface area (Å²) in [6.07, 6.45) is -15.8. The Bertz CT molecular complexity index is 1250. The predicted octanol–water partition coefficient (Wildman–Crippen LogP) is -0.862. The van der Waals surface area contributed by atoms with Crippen molar-refractivity contribution in [2.75, 3.05) is 13.7 Å². The molecule has 0 unspecified atom stereocenters. The van der Waals surface area contributed by atoms with Crippen LogP contribution in [0.5, 0.6) is 23.0 Å². The average molecular weight is 595 g/mol. The number of phenols is 1. The van der Waals surface area contributed by atoms with E-state index in [4.69, 9.17) is 28.4 Å². The first-order valence-corrected chi connectivity index (χ1v) is 13.4. The number of methoxy groups -OCH3 is 1. The fourth-order valence-corrected chi connectivity index (χ4v) is 5.20. The summed E-state index contributed by atoms with van der Waals surface area (Å²) in [5, 5.41) is 72.3. The lowest BCUT2D eigenvalue weighted by Gasteiger charge is -2.45. The van der Waals surface area contributed by atoms with E-state index in [1.165, 1.54) is 20.1 Å². The average Bonchev–Trinajstić information content (AvgIpc) is 2.97. The van der Waals surface area contributed by atoms with Gasteiger partial charge in [0.2, 0.25) is 6.29 Å². The van der Waals surface area contributed by atoms with Crippen LogP contribution in [0.25, 0.3) is 0 Å². The van der Waals surface area contributed by atoms with Gasteiger partial charge in [-0.2, -0.15) is 0 Å². The van der Waals surface area contributed by atoms with Gasteiger partial charge < -0.3 is 64.2 Å². The second-order valence-electron chi connectivity index (χ2n) is 10.4. The number of hydrogen-bond acceptors (Lipinski definition) is 14. The predicted molar refractivity (Wildman–Crippen MR) is 139 cm³/mol. The van der Waals surface area contributed by atoms with Crippen molar-refractivity contribution in [1.82, 2.24) is 0 Å². The molecular formula is C28H34O14. The molecule has 0 aliphatic carbocycles. The first-order chi connectivity index (χ1) is 20.0. The molecule has 7 N–H and O–H groups in total. The summed E-state index contributed by atoms with van der Waals surface area (Å²) in [4.78, 5) is 12.9. The molecule has 2 aromatic carbocycles. The Morgan fingerprint density at radius 2 is 1.60 bits per heavy atom. The van der Waals surface area contributed by atoms with Gasteiger partial charge in [0.15, 0.2) is 18.2 Å². The smallest absolute Gasteiger partial charge is 0.229 e. The zero-order chi connectivity index (χ0) is 30.3. The van der Waals surface area contributed by atoms with Gasteiger partial charge in [0.25, 0.3) is 0 Å². The summed E-state index contributed by atoms with van der Waals surface area (Å²) < 4.78 is 33.9. The number of carbonyl (C=O) groups is 1. The van der Waals surface area contributed by atoms with E-state index < -0.39 is 79.9 Å². The van der Waals surface area contributed by atoms with Crippen molar-refractivity contribution in [3.05, 3.63) is 47.5 Å². The second kappa shape index (κ2) is 12.3. The molecule has 3 heterocycles. The van der Waals surface area contributed by atoms with Gasteiger partial charge in [0, 0.05) is 12.1 Å². The summed E-state index contributed by atoms with van der Waals surface area (Å²) in [5.41, 5.74) is 0.647. The zero-order valence-corrected chi connectivity index (χ0v) is 22.7. The number of fused-ring (bicyclic) bond motifs is 1. The van der Waals surface area contributed by atoms with Gasteiger partial charge in [-0.1, -0.05) is 12.1 Å². The molecule has 2 saturated heterocycles. The molecule has 0 amide bonds. The molecule has 3 aliphatic rings. The van der Waals surface area contributed by atoms with Crippen molar-refractivity contribution in [1.29, 1.82) is 0 Å². The summed E-state index contributed by atoms with van der Waals surface area (Å²) in [7, 11) is 1.53.